The molecule has 0 aliphatic heterocycles. The molecule has 3 aromatic rings. The summed E-state index contributed by atoms with van der Waals surface area (Å²) in [5, 5.41) is 20.6. The molecule has 0 radical (unpaired) electrons. The quantitative estimate of drug-likeness (QED) is 0.777. The molecule has 0 fully saturated rings. The molecule has 7 heteroatoms. The van der Waals surface area contributed by atoms with Gasteiger partial charge >= 0.3 is 0 Å². The van der Waals surface area contributed by atoms with Gasteiger partial charge in [0.05, 0.1) is 17.6 Å². The molecule has 1 N–H and O–H groups in total. The summed E-state index contributed by atoms with van der Waals surface area (Å²) >= 11 is 0. The standard InChI is InChI=1S/C18H18N6O/c1-13-10-14(2)23(22-13)9-8-17(25)21-18-15(11-19)12-20-24(18)16-6-4-3-5-7-16/h3-7,10,12H,8-9H2,1-2H3,(H,21,25). The third-order valence-corrected chi connectivity index (χ3v) is 3.80. The summed E-state index contributed by atoms with van der Waals surface area (Å²) in [4.78, 5) is 12.4. The van der Waals surface area contributed by atoms with E-state index in [2.05, 4.69) is 21.6 Å². The molecule has 0 atom stereocenters. The van der Waals surface area contributed by atoms with E-state index in [4.69, 9.17) is 0 Å². The van der Waals surface area contributed by atoms with Crippen molar-refractivity contribution in [3.63, 3.8) is 0 Å². The molecule has 3 rings (SSSR count). The van der Waals surface area contributed by atoms with Crippen molar-refractivity contribution in [1.29, 1.82) is 5.26 Å². The highest BCUT2D eigenvalue weighted by Crippen LogP contribution is 2.19. The van der Waals surface area contributed by atoms with E-state index in [9.17, 15) is 10.1 Å². The van der Waals surface area contributed by atoms with Gasteiger partial charge < -0.3 is 5.32 Å². The Balaban J connectivity index is 1.76. The first-order chi connectivity index (χ1) is 12.1. The summed E-state index contributed by atoms with van der Waals surface area (Å²) in [7, 11) is 0. The van der Waals surface area contributed by atoms with Crippen molar-refractivity contribution in [2.45, 2.75) is 26.8 Å². The normalized spacial score (nSPS) is 10.4. The van der Waals surface area contributed by atoms with Crippen LogP contribution in [0.4, 0.5) is 5.82 Å². The minimum Gasteiger partial charge on any atom is -0.309 e. The van der Waals surface area contributed by atoms with Crippen molar-refractivity contribution in [1.82, 2.24) is 19.6 Å². The zero-order valence-corrected chi connectivity index (χ0v) is 14.1. The van der Waals surface area contributed by atoms with Crippen molar-refractivity contribution in [3.8, 4) is 11.8 Å². The lowest BCUT2D eigenvalue weighted by molar-refractivity contribution is -0.116. The van der Waals surface area contributed by atoms with Crippen LogP contribution in [0.2, 0.25) is 0 Å². The summed E-state index contributed by atoms with van der Waals surface area (Å²) in [5.41, 5.74) is 3.03. The first kappa shape index (κ1) is 16.5. The molecule has 0 spiro atoms. The molecule has 0 aliphatic rings. The van der Waals surface area contributed by atoms with Crippen LogP contribution in [-0.2, 0) is 11.3 Å². The molecular weight excluding hydrogens is 316 g/mol. The lowest BCUT2D eigenvalue weighted by Gasteiger charge is -2.10. The van der Waals surface area contributed by atoms with E-state index in [1.165, 1.54) is 6.20 Å². The Bertz CT molecular complexity index is 932. The Labute approximate surface area is 145 Å². The fourth-order valence-corrected chi connectivity index (χ4v) is 2.62. The van der Waals surface area contributed by atoms with E-state index in [0.29, 0.717) is 17.9 Å². The second-order valence-electron chi connectivity index (χ2n) is 5.71. The largest absolute Gasteiger partial charge is 0.309 e. The molecular formula is C18H18N6O. The smallest absolute Gasteiger partial charge is 0.227 e. The van der Waals surface area contributed by atoms with Crippen LogP contribution in [0.15, 0.2) is 42.6 Å². The van der Waals surface area contributed by atoms with Gasteiger partial charge in [0, 0.05) is 18.7 Å². The molecule has 2 heterocycles. The third kappa shape index (κ3) is 3.58. The number of benzene rings is 1. The van der Waals surface area contributed by atoms with Crippen molar-refractivity contribution >= 4 is 11.7 Å². The molecule has 0 aliphatic carbocycles. The van der Waals surface area contributed by atoms with Crippen LogP contribution in [0.5, 0.6) is 0 Å². The van der Waals surface area contributed by atoms with Gasteiger partial charge in [0.15, 0.2) is 5.82 Å². The molecule has 2 aromatic heterocycles. The SMILES string of the molecule is Cc1cc(C)n(CCC(=O)Nc2c(C#N)cnn2-c2ccccc2)n1. The molecule has 7 nitrogen and oxygen atoms in total. The van der Waals surface area contributed by atoms with Crippen LogP contribution in [0.1, 0.15) is 23.4 Å². The average molecular weight is 334 g/mol. The highest BCUT2D eigenvalue weighted by molar-refractivity contribution is 5.91. The lowest BCUT2D eigenvalue weighted by atomic mass is 10.3. The highest BCUT2D eigenvalue weighted by atomic mass is 16.1. The maximum atomic E-state index is 12.4. The van der Waals surface area contributed by atoms with Crippen LogP contribution in [0, 0.1) is 25.2 Å². The van der Waals surface area contributed by atoms with E-state index in [-0.39, 0.29) is 12.3 Å². The highest BCUT2D eigenvalue weighted by Gasteiger charge is 2.15. The molecule has 0 bridgehead atoms. The Hall–Kier alpha value is -3.40. The zero-order valence-electron chi connectivity index (χ0n) is 14.1. The molecule has 1 amide bonds. The summed E-state index contributed by atoms with van der Waals surface area (Å²) in [6.07, 6.45) is 1.70. The Kier molecular flexibility index (Phi) is 4.61. The number of rotatable bonds is 5. The lowest BCUT2D eigenvalue weighted by Crippen LogP contribution is -2.18. The topological polar surface area (TPSA) is 88.5 Å². The number of nitrogens with zero attached hydrogens (tertiary/aromatic N) is 5. The fraction of sp³-hybridized carbons (Fsp3) is 0.222. The average Bonchev–Trinajstić information content (AvgIpc) is 3.16. The van der Waals surface area contributed by atoms with Crippen molar-refractivity contribution in [2.24, 2.45) is 0 Å². The van der Waals surface area contributed by atoms with E-state index in [1.807, 2.05) is 50.2 Å². The molecule has 0 unspecified atom stereocenters. The minimum atomic E-state index is -0.193. The summed E-state index contributed by atoms with van der Waals surface area (Å²) in [6.45, 7) is 4.35. The van der Waals surface area contributed by atoms with Crippen LogP contribution in [-0.4, -0.2) is 25.5 Å². The predicted octanol–water partition coefficient (Wildman–Crippen LogP) is 2.59. The van der Waals surface area contributed by atoms with Gasteiger partial charge in [-0.1, -0.05) is 18.2 Å². The summed E-state index contributed by atoms with van der Waals surface area (Å²) < 4.78 is 3.36. The first-order valence-electron chi connectivity index (χ1n) is 7.93. The maximum absolute atomic E-state index is 12.4. The maximum Gasteiger partial charge on any atom is 0.227 e. The van der Waals surface area contributed by atoms with Crippen molar-refractivity contribution < 1.29 is 4.79 Å². The number of hydrogen-bond donors (Lipinski definition) is 1. The van der Waals surface area contributed by atoms with Gasteiger partial charge in [-0.05, 0) is 32.0 Å². The Morgan fingerprint density at radius 2 is 2.04 bits per heavy atom. The van der Waals surface area contributed by atoms with Gasteiger partial charge in [0.25, 0.3) is 0 Å². The second-order valence-corrected chi connectivity index (χ2v) is 5.71. The van der Waals surface area contributed by atoms with Gasteiger partial charge in [-0.25, -0.2) is 4.68 Å². The molecule has 1 aromatic carbocycles. The van der Waals surface area contributed by atoms with Gasteiger partial charge in [-0.3, -0.25) is 9.48 Å². The number of carbonyl (C=O) groups is 1. The zero-order chi connectivity index (χ0) is 17.8. The van der Waals surface area contributed by atoms with Crippen LogP contribution < -0.4 is 5.32 Å². The second kappa shape index (κ2) is 7.01. The van der Waals surface area contributed by atoms with Crippen LogP contribution in [0.3, 0.4) is 0 Å². The number of nitrogens with one attached hydrogen (secondary N) is 1. The predicted molar refractivity (Wildman–Crippen MR) is 93.2 cm³/mol. The number of aryl methyl sites for hydroxylation is 3. The summed E-state index contributed by atoms with van der Waals surface area (Å²) in [5.74, 6) is 0.189. The number of anilines is 1. The van der Waals surface area contributed by atoms with Crippen molar-refractivity contribution in [3.05, 3.63) is 59.5 Å². The number of amides is 1. The van der Waals surface area contributed by atoms with E-state index >= 15 is 0 Å². The van der Waals surface area contributed by atoms with Gasteiger partial charge in [0.2, 0.25) is 5.91 Å². The number of hydrogen-bond acceptors (Lipinski definition) is 4. The van der Waals surface area contributed by atoms with E-state index in [0.717, 1.165) is 17.1 Å². The minimum absolute atomic E-state index is 0.193. The van der Waals surface area contributed by atoms with Crippen LogP contribution in [0.25, 0.3) is 5.69 Å². The fourth-order valence-electron chi connectivity index (χ4n) is 2.62. The van der Waals surface area contributed by atoms with Gasteiger partial charge in [-0.15, -0.1) is 0 Å². The van der Waals surface area contributed by atoms with Gasteiger partial charge in [-0.2, -0.15) is 15.5 Å². The number of para-hydroxylation sites is 1. The molecule has 0 saturated heterocycles. The monoisotopic (exact) mass is 334 g/mol. The first-order valence-corrected chi connectivity index (χ1v) is 7.93. The van der Waals surface area contributed by atoms with Crippen molar-refractivity contribution in [2.75, 3.05) is 5.32 Å². The Morgan fingerprint density at radius 1 is 1.28 bits per heavy atom. The third-order valence-electron chi connectivity index (χ3n) is 3.80. The molecule has 25 heavy (non-hydrogen) atoms. The number of aromatic nitrogens is 4. The van der Waals surface area contributed by atoms with Crippen LogP contribution >= 0.6 is 0 Å². The van der Waals surface area contributed by atoms with E-state index < -0.39 is 0 Å². The molecule has 126 valence electrons. The van der Waals surface area contributed by atoms with Gasteiger partial charge in [0.1, 0.15) is 11.6 Å². The Morgan fingerprint density at radius 3 is 2.68 bits per heavy atom. The molecule has 0 saturated carbocycles. The number of nitriles is 1. The number of carbonyl (C=O) groups excluding carboxylic acids is 1. The summed E-state index contributed by atoms with van der Waals surface area (Å²) in [6, 6.07) is 13.4. The van der Waals surface area contributed by atoms with E-state index in [1.54, 1.807) is 9.36 Å².